The number of alkyl halides is 3. The van der Waals surface area contributed by atoms with Crippen LogP contribution in [0.25, 0.3) is 6.08 Å². The summed E-state index contributed by atoms with van der Waals surface area (Å²) in [6.07, 6.45) is -1.61. The predicted octanol–water partition coefficient (Wildman–Crippen LogP) is 3.79. The van der Waals surface area contributed by atoms with Crippen LogP contribution in [0.3, 0.4) is 0 Å². The number of benzene rings is 2. The van der Waals surface area contributed by atoms with Crippen molar-refractivity contribution < 1.29 is 27.4 Å². The van der Waals surface area contributed by atoms with Crippen LogP contribution in [-0.2, 0) is 17.6 Å². The van der Waals surface area contributed by atoms with Crippen molar-refractivity contribution in [3.63, 3.8) is 0 Å². The van der Waals surface area contributed by atoms with Gasteiger partial charge in [0.1, 0.15) is 6.61 Å². The van der Waals surface area contributed by atoms with Crippen LogP contribution < -0.4 is 15.2 Å². The highest BCUT2D eigenvalue weighted by molar-refractivity contribution is 5.90. The molecule has 0 saturated carbocycles. The molecule has 0 unspecified atom stereocenters. The Bertz CT molecular complexity index is 768. The van der Waals surface area contributed by atoms with Gasteiger partial charge in [0.05, 0.1) is 12.7 Å². The molecular weight excluding hydrogens is 335 g/mol. The third-order valence-corrected chi connectivity index (χ3v) is 3.30. The number of nitrogens with two attached hydrogens (primary N) is 1. The predicted molar refractivity (Wildman–Crippen MR) is 87.0 cm³/mol. The van der Waals surface area contributed by atoms with E-state index in [4.69, 9.17) is 15.2 Å². The molecule has 2 N–H and O–H groups in total. The molecule has 25 heavy (non-hydrogen) atoms. The molecule has 0 aromatic heterocycles. The Hall–Kier alpha value is -2.96. The van der Waals surface area contributed by atoms with Crippen molar-refractivity contribution in [3.05, 3.63) is 65.2 Å². The third-order valence-electron chi connectivity index (χ3n) is 3.30. The molecule has 0 fully saturated rings. The summed E-state index contributed by atoms with van der Waals surface area (Å²) in [6, 6.07) is 9.73. The van der Waals surface area contributed by atoms with E-state index in [2.05, 4.69) is 0 Å². The molecular formula is C18H16F3NO3. The van der Waals surface area contributed by atoms with E-state index >= 15 is 0 Å². The first-order valence-corrected chi connectivity index (χ1v) is 7.24. The zero-order valence-corrected chi connectivity index (χ0v) is 13.3. The number of ether oxygens (including phenoxy) is 2. The molecule has 0 spiro atoms. The van der Waals surface area contributed by atoms with Gasteiger partial charge in [-0.1, -0.05) is 18.2 Å². The molecule has 0 saturated heterocycles. The number of halogens is 3. The fourth-order valence-corrected chi connectivity index (χ4v) is 2.04. The fourth-order valence-electron chi connectivity index (χ4n) is 2.04. The van der Waals surface area contributed by atoms with Crippen LogP contribution in [0.5, 0.6) is 11.5 Å². The molecule has 0 radical (unpaired) electrons. The summed E-state index contributed by atoms with van der Waals surface area (Å²) in [6.45, 7) is 0.0883. The van der Waals surface area contributed by atoms with E-state index in [9.17, 15) is 18.0 Å². The first-order valence-electron chi connectivity index (χ1n) is 7.24. The van der Waals surface area contributed by atoms with Gasteiger partial charge < -0.3 is 15.2 Å². The third kappa shape index (κ3) is 5.27. The van der Waals surface area contributed by atoms with Crippen LogP contribution >= 0.6 is 0 Å². The summed E-state index contributed by atoms with van der Waals surface area (Å²) in [7, 11) is 1.46. The van der Waals surface area contributed by atoms with Gasteiger partial charge in [-0.2, -0.15) is 13.2 Å². The van der Waals surface area contributed by atoms with Crippen LogP contribution in [0.4, 0.5) is 13.2 Å². The summed E-state index contributed by atoms with van der Waals surface area (Å²) in [5.41, 5.74) is 5.61. The smallest absolute Gasteiger partial charge is 0.416 e. The Morgan fingerprint density at radius 3 is 2.36 bits per heavy atom. The average molecular weight is 351 g/mol. The van der Waals surface area contributed by atoms with E-state index in [0.717, 1.165) is 12.1 Å². The molecule has 2 aromatic rings. The zero-order valence-electron chi connectivity index (χ0n) is 13.3. The van der Waals surface area contributed by atoms with Gasteiger partial charge in [-0.15, -0.1) is 0 Å². The van der Waals surface area contributed by atoms with Crippen LogP contribution in [0.1, 0.15) is 16.7 Å². The van der Waals surface area contributed by atoms with Gasteiger partial charge in [-0.25, -0.2) is 0 Å². The maximum absolute atomic E-state index is 12.5. The van der Waals surface area contributed by atoms with Crippen molar-refractivity contribution in [2.24, 2.45) is 5.73 Å². The molecule has 7 heteroatoms. The Morgan fingerprint density at radius 1 is 1.12 bits per heavy atom. The fraction of sp³-hybridized carbons (Fsp3) is 0.167. The highest BCUT2D eigenvalue weighted by Crippen LogP contribution is 2.31. The maximum atomic E-state index is 12.5. The van der Waals surface area contributed by atoms with Gasteiger partial charge in [0, 0.05) is 6.08 Å². The Balaban J connectivity index is 2.08. The van der Waals surface area contributed by atoms with E-state index in [1.165, 1.54) is 31.4 Å². The van der Waals surface area contributed by atoms with E-state index in [-0.39, 0.29) is 6.61 Å². The molecule has 0 heterocycles. The molecule has 2 aromatic carbocycles. The lowest BCUT2D eigenvalue weighted by Gasteiger charge is -2.12. The summed E-state index contributed by atoms with van der Waals surface area (Å²) in [5, 5.41) is 0. The quantitative estimate of drug-likeness (QED) is 0.806. The first kappa shape index (κ1) is 18.4. The first-order chi connectivity index (χ1) is 11.8. The largest absolute Gasteiger partial charge is 0.493 e. The zero-order chi connectivity index (χ0) is 18.4. The van der Waals surface area contributed by atoms with Gasteiger partial charge in [0.15, 0.2) is 11.5 Å². The molecule has 0 aliphatic heterocycles. The molecule has 0 bridgehead atoms. The monoisotopic (exact) mass is 351 g/mol. The Labute approximate surface area is 142 Å². The van der Waals surface area contributed by atoms with Crippen LogP contribution in [-0.4, -0.2) is 13.0 Å². The molecule has 1 amide bonds. The van der Waals surface area contributed by atoms with E-state index in [0.29, 0.717) is 22.6 Å². The van der Waals surface area contributed by atoms with Crippen molar-refractivity contribution in [2.75, 3.05) is 7.11 Å². The summed E-state index contributed by atoms with van der Waals surface area (Å²) in [5.74, 6) is 0.291. The SMILES string of the molecule is COc1cc(/C=C/C(N)=O)ccc1OCc1ccc(C(F)(F)F)cc1. The molecule has 0 atom stereocenters. The van der Waals surface area contributed by atoms with E-state index in [1.807, 2.05) is 0 Å². The second-order valence-corrected chi connectivity index (χ2v) is 5.13. The van der Waals surface area contributed by atoms with E-state index < -0.39 is 17.6 Å². The molecule has 4 nitrogen and oxygen atoms in total. The molecule has 0 aliphatic rings. The van der Waals surface area contributed by atoms with Gasteiger partial charge >= 0.3 is 6.18 Å². The lowest BCUT2D eigenvalue weighted by atomic mass is 10.1. The number of amides is 1. The standard InChI is InChI=1S/C18H16F3NO3/c1-24-16-10-12(5-9-17(22)23)4-8-15(16)25-11-13-2-6-14(7-3-13)18(19,20)21/h2-10H,11H2,1H3,(H2,22,23)/b9-5+. The number of rotatable bonds is 6. The van der Waals surface area contributed by atoms with Gasteiger partial charge in [0.25, 0.3) is 0 Å². The molecule has 0 aliphatic carbocycles. The molecule has 2 rings (SSSR count). The number of methoxy groups -OCH3 is 1. The molecule has 132 valence electrons. The van der Waals surface area contributed by atoms with Crippen molar-refractivity contribution >= 4 is 12.0 Å². The van der Waals surface area contributed by atoms with Crippen LogP contribution in [0.2, 0.25) is 0 Å². The van der Waals surface area contributed by atoms with E-state index in [1.54, 1.807) is 18.2 Å². The number of carbonyl (C=O) groups excluding carboxylic acids is 1. The minimum Gasteiger partial charge on any atom is -0.493 e. The minimum absolute atomic E-state index is 0.0883. The lowest BCUT2D eigenvalue weighted by Crippen LogP contribution is -2.05. The van der Waals surface area contributed by atoms with Crippen LogP contribution in [0.15, 0.2) is 48.5 Å². The Morgan fingerprint density at radius 2 is 1.80 bits per heavy atom. The summed E-state index contributed by atoms with van der Waals surface area (Å²) in [4.78, 5) is 10.7. The second-order valence-electron chi connectivity index (χ2n) is 5.13. The number of primary amides is 1. The van der Waals surface area contributed by atoms with Crippen molar-refractivity contribution in [3.8, 4) is 11.5 Å². The van der Waals surface area contributed by atoms with Gasteiger partial charge in [-0.05, 0) is 41.5 Å². The topological polar surface area (TPSA) is 61.5 Å². The van der Waals surface area contributed by atoms with Gasteiger partial charge in [-0.3, -0.25) is 4.79 Å². The number of hydrogen-bond donors (Lipinski definition) is 1. The normalized spacial score (nSPS) is 11.5. The second kappa shape index (κ2) is 7.74. The Kier molecular flexibility index (Phi) is 5.69. The van der Waals surface area contributed by atoms with Crippen molar-refractivity contribution in [1.29, 1.82) is 0 Å². The maximum Gasteiger partial charge on any atom is 0.416 e. The highest BCUT2D eigenvalue weighted by atomic mass is 19.4. The van der Waals surface area contributed by atoms with Crippen molar-refractivity contribution in [1.82, 2.24) is 0 Å². The highest BCUT2D eigenvalue weighted by Gasteiger charge is 2.29. The van der Waals surface area contributed by atoms with Crippen molar-refractivity contribution in [2.45, 2.75) is 12.8 Å². The number of hydrogen-bond acceptors (Lipinski definition) is 3. The average Bonchev–Trinajstić information content (AvgIpc) is 2.58. The summed E-state index contributed by atoms with van der Waals surface area (Å²) >= 11 is 0. The lowest BCUT2D eigenvalue weighted by molar-refractivity contribution is -0.137. The van der Waals surface area contributed by atoms with Gasteiger partial charge in [0.2, 0.25) is 5.91 Å². The minimum atomic E-state index is -4.36. The summed E-state index contributed by atoms with van der Waals surface area (Å²) < 4.78 is 48.4. The number of carbonyl (C=O) groups is 1. The van der Waals surface area contributed by atoms with Crippen LogP contribution in [0, 0.1) is 0 Å².